The first kappa shape index (κ1) is 16.6. The fraction of sp³-hybridized carbons (Fsp3) is 0.667. The van der Waals surface area contributed by atoms with E-state index in [1.165, 1.54) is 12.8 Å². The number of rotatable bonds is 4. The van der Waals surface area contributed by atoms with Gasteiger partial charge >= 0.3 is 0 Å². The Hall–Kier alpha value is -1.29. The van der Waals surface area contributed by atoms with Crippen LogP contribution in [0.5, 0.6) is 0 Å². The average Bonchev–Trinajstić information content (AvgIpc) is 3.32. The summed E-state index contributed by atoms with van der Waals surface area (Å²) in [7, 11) is 1.98. The Labute approximate surface area is 143 Å². The summed E-state index contributed by atoms with van der Waals surface area (Å²) in [6.07, 6.45) is 5.96. The summed E-state index contributed by atoms with van der Waals surface area (Å²) < 4.78 is 0. The molecular weight excluding hydrogens is 310 g/mol. The summed E-state index contributed by atoms with van der Waals surface area (Å²) in [6, 6.07) is 4.16. The maximum Gasteiger partial charge on any atom is 0.225 e. The highest BCUT2D eigenvalue weighted by Crippen LogP contribution is 2.49. The van der Waals surface area contributed by atoms with Crippen molar-refractivity contribution in [3.63, 3.8) is 0 Å². The van der Waals surface area contributed by atoms with E-state index in [1.807, 2.05) is 24.1 Å². The lowest BCUT2D eigenvalue weighted by molar-refractivity contribution is -0.137. The van der Waals surface area contributed by atoms with Gasteiger partial charge in [-0.15, -0.1) is 0 Å². The number of nitrogens with zero attached hydrogens (tertiary/aromatic N) is 3. The van der Waals surface area contributed by atoms with Crippen molar-refractivity contribution in [2.24, 2.45) is 11.3 Å². The van der Waals surface area contributed by atoms with Crippen LogP contribution in [0, 0.1) is 11.3 Å². The predicted molar refractivity (Wildman–Crippen MR) is 93.8 cm³/mol. The largest absolute Gasteiger partial charge is 0.357 e. The Morgan fingerprint density at radius 3 is 2.57 bits per heavy atom. The maximum absolute atomic E-state index is 12.8. The number of aromatic nitrogens is 1. The number of halogens is 1. The molecule has 126 valence electrons. The predicted octanol–water partition coefficient (Wildman–Crippen LogP) is 3.60. The summed E-state index contributed by atoms with van der Waals surface area (Å²) >= 11 is 5.89. The summed E-state index contributed by atoms with van der Waals surface area (Å²) in [5.41, 5.74) is 0.346. The van der Waals surface area contributed by atoms with Gasteiger partial charge in [0.25, 0.3) is 0 Å². The molecule has 0 bridgehead atoms. The molecule has 2 fully saturated rings. The van der Waals surface area contributed by atoms with E-state index in [0.717, 1.165) is 31.7 Å². The van der Waals surface area contributed by atoms with Gasteiger partial charge in [0.15, 0.2) is 0 Å². The molecule has 1 aliphatic carbocycles. The van der Waals surface area contributed by atoms with Gasteiger partial charge in [-0.05, 0) is 50.2 Å². The lowest BCUT2D eigenvalue weighted by Crippen LogP contribution is -2.46. The molecule has 0 radical (unpaired) electrons. The highest BCUT2D eigenvalue weighted by atomic mass is 35.5. The second-order valence-electron chi connectivity index (χ2n) is 7.38. The van der Waals surface area contributed by atoms with Crippen LogP contribution in [-0.4, -0.2) is 42.0 Å². The van der Waals surface area contributed by atoms with Crippen molar-refractivity contribution < 1.29 is 4.79 Å². The average molecular weight is 336 g/mol. The van der Waals surface area contributed by atoms with Crippen LogP contribution in [0.1, 0.15) is 39.5 Å². The first-order valence-corrected chi connectivity index (χ1v) is 8.92. The number of hydrogen-bond donors (Lipinski definition) is 0. The number of amides is 1. The van der Waals surface area contributed by atoms with Crippen LogP contribution in [0.15, 0.2) is 18.3 Å². The molecule has 1 amide bonds. The van der Waals surface area contributed by atoms with Crippen molar-refractivity contribution in [1.29, 1.82) is 0 Å². The molecule has 1 unspecified atom stereocenters. The highest BCUT2D eigenvalue weighted by Gasteiger charge is 2.46. The molecule has 2 heterocycles. The van der Waals surface area contributed by atoms with Crippen molar-refractivity contribution in [3.05, 3.63) is 23.4 Å². The van der Waals surface area contributed by atoms with Crippen molar-refractivity contribution in [1.82, 2.24) is 9.88 Å². The van der Waals surface area contributed by atoms with Crippen molar-refractivity contribution in [2.75, 3.05) is 25.0 Å². The zero-order valence-corrected chi connectivity index (χ0v) is 15.0. The van der Waals surface area contributed by atoms with Crippen LogP contribution in [0.2, 0.25) is 5.02 Å². The van der Waals surface area contributed by atoms with Gasteiger partial charge < -0.3 is 9.80 Å². The van der Waals surface area contributed by atoms with Gasteiger partial charge in [-0.2, -0.15) is 0 Å². The van der Waals surface area contributed by atoms with E-state index in [2.05, 4.69) is 23.7 Å². The number of pyridine rings is 1. The molecule has 4 nitrogen and oxygen atoms in total. The third-order valence-corrected chi connectivity index (χ3v) is 6.08. The van der Waals surface area contributed by atoms with Gasteiger partial charge in [-0.25, -0.2) is 4.98 Å². The van der Waals surface area contributed by atoms with Crippen molar-refractivity contribution in [2.45, 2.75) is 45.6 Å². The Kier molecular flexibility index (Phi) is 4.54. The number of carbonyl (C=O) groups is 1. The van der Waals surface area contributed by atoms with Crippen molar-refractivity contribution >= 4 is 23.3 Å². The quantitative estimate of drug-likeness (QED) is 0.843. The van der Waals surface area contributed by atoms with Gasteiger partial charge in [0.05, 0.1) is 5.02 Å². The van der Waals surface area contributed by atoms with Crippen LogP contribution < -0.4 is 4.90 Å². The topological polar surface area (TPSA) is 36.4 Å². The molecule has 2 aliphatic rings. The third-order valence-electron chi connectivity index (χ3n) is 5.86. The number of carbonyl (C=O) groups excluding carboxylic acids is 1. The van der Waals surface area contributed by atoms with Gasteiger partial charge in [0, 0.05) is 38.3 Å². The number of anilines is 1. The zero-order chi connectivity index (χ0) is 16.6. The fourth-order valence-corrected chi connectivity index (χ4v) is 3.58. The Balaban J connectivity index is 1.56. The third kappa shape index (κ3) is 3.47. The Bertz CT molecular complexity index is 562. The summed E-state index contributed by atoms with van der Waals surface area (Å²) in [4.78, 5) is 21.4. The van der Waals surface area contributed by atoms with Crippen LogP contribution in [0.4, 0.5) is 5.82 Å². The first-order chi connectivity index (χ1) is 10.9. The van der Waals surface area contributed by atoms with E-state index in [9.17, 15) is 4.79 Å². The standard InChI is InChI=1S/C18H26ClN3O/c1-13(18(2)8-9-18)21(3)17(23)14-6-10-22(11-7-14)16-5-4-15(19)12-20-16/h4-5,12-14H,6-11H2,1-3H3. The van der Waals surface area contributed by atoms with Gasteiger partial charge in [0.1, 0.15) is 5.82 Å². The lowest BCUT2D eigenvalue weighted by atomic mass is 9.92. The minimum atomic E-state index is 0.147. The lowest BCUT2D eigenvalue weighted by Gasteiger charge is -2.37. The van der Waals surface area contributed by atoms with Gasteiger partial charge in [0.2, 0.25) is 5.91 Å². The first-order valence-electron chi connectivity index (χ1n) is 8.54. The molecule has 0 aromatic carbocycles. The Morgan fingerprint density at radius 2 is 2.04 bits per heavy atom. The molecule has 23 heavy (non-hydrogen) atoms. The molecule has 1 saturated heterocycles. The molecule has 1 atom stereocenters. The molecule has 1 saturated carbocycles. The minimum absolute atomic E-state index is 0.147. The van der Waals surface area contributed by atoms with Crippen LogP contribution in [-0.2, 0) is 4.79 Å². The number of piperidine rings is 1. The van der Waals surface area contributed by atoms with Crippen molar-refractivity contribution in [3.8, 4) is 0 Å². The summed E-state index contributed by atoms with van der Waals surface area (Å²) in [5.74, 6) is 1.41. The maximum atomic E-state index is 12.8. The van der Waals surface area contributed by atoms with Crippen LogP contribution >= 0.6 is 11.6 Å². The highest BCUT2D eigenvalue weighted by molar-refractivity contribution is 6.30. The van der Waals surface area contributed by atoms with E-state index < -0.39 is 0 Å². The smallest absolute Gasteiger partial charge is 0.225 e. The molecule has 1 aromatic rings. The van der Waals surface area contributed by atoms with Crippen LogP contribution in [0.25, 0.3) is 0 Å². The molecule has 3 rings (SSSR count). The van der Waals surface area contributed by atoms with Crippen LogP contribution in [0.3, 0.4) is 0 Å². The van der Waals surface area contributed by atoms with E-state index in [4.69, 9.17) is 11.6 Å². The minimum Gasteiger partial charge on any atom is -0.357 e. The second-order valence-corrected chi connectivity index (χ2v) is 7.81. The molecule has 1 aromatic heterocycles. The van der Waals surface area contributed by atoms with E-state index >= 15 is 0 Å². The molecule has 5 heteroatoms. The second kappa shape index (κ2) is 6.31. The molecule has 0 N–H and O–H groups in total. The fourth-order valence-electron chi connectivity index (χ4n) is 3.47. The SMILES string of the molecule is CC(N(C)C(=O)C1CCN(c2ccc(Cl)cn2)CC1)C1(C)CC1. The van der Waals surface area contributed by atoms with Gasteiger partial charge in [-0.1, -0.05) is 18.5 Å². The van der Waals surface area contributed by atoms with Gasteiger partial charge in [-0.3, -0.25) is 4.79 Å². The van der Waals surface area contributed by atoms with E-state index in [-0.39, 0.29) is 5.92 Å². The monoisotopic (exact) mass is 335 g/mol. The molecular formula is C18H26ClN3O. The summed E-state index contributed by atoms with van der Waals surface area (Å²) in [6.45, 7) is 6.24. The van der Waals surface area contributed by atoms with E-state index in [0.29, 0.717) is 22.4 Å². The zero-order valence-electron chi connectivity index (χ0n) is 14.3. The summed E-state index contributed by atoms with van der Waals surface area (Å²) in [5, 5.41) is 0.656. The molecule has 1 aliphatic heterocycles. The van der Waals surface area contributed by atoms with E-state index in [1.54, 1.807) is 6.20 Å². The Morgan fingerprint density at radius 1 is 1.39 bits per heavy atom. The molecule has 0 spiro atoms. The normalized spacial score (nSPS) is 21.8. The number of hydrogen-bond acceptors (Lipinski definition) is 3.